The first-order valence-corrected chi connectivity index (χ1v) is 7.34. The molecule has 0 spiro atoms. The molecule has 0 aromatic heterocycles. The van der Waals surface area contributed by atoms with E-state index < -0.39 is 35.9 Å². The molecule has 9 heteroatoms. The molecule has 0 radical (unpaired) electrons. The van der Waals surface area contributed by atoms with Crippen molar-refractivity contribution < 1.29 is 26.3 Å². The largest absolute Gasteiger partial charge is 0.416 e. The van der Waals surface area contributed by atoms with E-state index >= 15 is 0 Å². The minimum absolute atomic E-state index is 0.225. The zero-order chi connectivity index (χ0) is 17.3. The zero-order valence-corrected chi connectivity index (χ0v) is 12.7. The van der Waals surface area contributed by atoms with E-state index in [9.17, 15) is 26.3 Å². The van der Waals surface area contributed by atoms with Gasteiger partial charge in [-0.3, -0.25) is 4.90 Å². The van der Waals surface area contributed by atoms with Gasteiger partial charge in [0.15, 0.2) is 0 Å². The zero-order valence-electron chi connectivity index (χ0n) is 11.9. The first-order chi connectivity index (χ1) is 10.6. The molecule has 1 saturated heterocycles. The second kappa shape index (κ2) is 6.86. The minimum atomic E-state index is -4.77. The summed E-state index contributed by atoms with van der Waals surface area (Å²) in [6.07, 6.45) is -10.7. The Bertz CT molecular complexity index is 537. The van der Waals surface area contributed by atoms with E-state index in [1.807, 2.05) is 0 Å². The van der Waals surface area contributed by atoms with Gasteiger partial charge in [-0.05, 0) is 12.1 Å². The molecule has 1 N–H and O–H groups in total. The van der Waals surface area contributed by atoms with Crippen LogP contribution in [-0.4, -0.2) is 37.3 Å². The molecule has 1 aliphatic rings. The highest BCUT2D eigenvalue weighted by Crippen LogP contribution is 2.43. The second-order valence-electron chi connectivity index (χ2n) is 5.32. The Labute approximate surface area is 134 Å². The predicted octanol–water partition coefficient (Wildman–Crippen LogP) is 4.26. The molecular weight excluding hydrogens is 346 g/mol. The van der Waals surface area contributed by atoms with E-state index in [4.69, 9.17) is 11.6 Å². The number of hydrogen-bond donors (Lipinski definition) is 1. The number of rotatable bonds is 3. The number of alkyl halides is 6. The fraction of sp³-hybridized carbons (Fsp3) is 0.571. The Morgan fingerprint density at radius 1 is 1.09 bits per heavy atom. The molecule has 0 saturated carbocycles. The summed E-state index contributed by atoms with van der Waals surface area (Å²) < 4.78 is 78.5. The van der Waals surface area contributed by atoms with Crippen LogP contribution in [0.1, 0.15) is 23.6 Å². The van der Waals surface area contributed by atoms with Crippen molar-refractivity contribution in [1.82, 2.24) is 10.2 Å². The average Bonchev–Trinajstić information content (AvgIpc) is 2.44. The van der Waals surface area contributed by atoms with Crippen molar-refractivity contribution in [3.63, 3.8) is 0 Å². The van der Waals surface area contributed by atoms with Crippen LogP contribution < -0.4 is 5.32 Å². The van der Waals surface area contributed by atoms with E-state index in [-0.39, 0.29) is 18.1 Å². The Morgan fingerprint density at radius 2 is 1.70 bits per heavy atom. The summed E-state index contributed by atoms with van der Waals surface area (Å²) >= 11 is 5.87. The maximum Gasteiger partial charge on any atom is 0.416 e. The molecule has 1 aromatic rings. The topological polar surface area (TPSA) is 15.3 Å². The smallest absolute Gasteiger partial charge is 0.314 e. The number of hydrogen-bond acceptors (Lipinski definition) is 2. The van der Waals surface area contributed by atoms with Gasteiger partial charge >= 0.3 is 12.4 Å². The summed E-state index contributed by atoms with van der Waals surface area (Å²) in [5.41, 5.74) is -1.61. The van der Waals surface area contributed by atoms with Crippen LogP contribution in [0.2, 0.25) is 5.02 Å². The Kier molecular flexibility index (Phi) is 5.48. The molecule has 1 aliphatic heterocycles. The van der Waals surface area contributed by atoms with Gasteiger partial charge in [0, 0.05) is 42.8 Å². The van der Waals surface area contributed by atoms with Gasteiger partial charge in [0.1, 0.15) is 0 Å². The molecule has 2 rings (SSSR count). The Morgan fingerprint density at radius 3 is 2.22 bits per heavy atom. The van der Waals surface area contributed by atoms with Crippen LogP contribution in [0.15, 0.2) is 18.2 Å². The maximum absolute atomic E-state index is 13.2. The molecule has 1 fully saturated rings. The predicted molar refractivity (Wildman–Crippen MR) is 74.3 cm³/mol. The van der Waals surface area contributed by atoms with Gasteiger partial charge in [-0.15, -0.1) is 0 Å². The summed E-state index contributed by atoms with van der Waals surface area (Å²) in [5, 5.41) is 2.67. The summed E-state index contributed by atoms with van der Waals surface area (Å²) in [6, 6.07) is 1.60. The second-order valence-corrected chi connectivity index (χ2v) is 5.73. The minimum Gasteiger partial charge on any atom is -0.314 e. The highest BCUT2D eigenvalue weighted by atomic mass is 35.5. The van der Waals surface area contributed by atoms with Gasteiger partial charge in [-0.2, -0.15) is 26.3 Å². The standard InChI is InChI=1S/C14H15ClF6N2/c15-10-3-1-2-9(14(19,20)21)12(10)11(8-13(16,17)18)23-6-4-22-5-7-23/h1-3,11,22H,4-8H2/t11-/m1/s1. The van der Waals surface area contributed by atoms with Gasteiger partial charge < -0.3 is 5.32 Å². The Hall–Kier alpha value is -0.990. The van der Waals surface area contributed by atoms with Crippen LogP contribution in [0.3, 0.4) is 0 Å². The van der Waals surface area contributed by atoms with Crippen LogP contribution in [0.5, 0.6) is 0 Å². The quantitative estimate of drug-likeness (QED) is 0.810. The van der Waals surface area contributed by atoms with E-state index in [0.29, 0.717) is 13.1 Å². The van der Waals surface area contributed by atoms with Gasteiger partial charge in [0.25, 0.3) is 0 Å². The third-order valence-corrected chi connectivity index (χ3v) is 4.04. The van der Waals surface area contributed by atoms with E-state index in [2.05, 4.69) is 5.32 Å². The number of benzene rings is 1. The van der Waals surface area contributed by atoms with Crippen molar-refractivity contribution in [2.24, 2.45) is 0 Å². The van der Waals surface area contributed by atoms with Gasteiger partial charge in [0.2, 0.25) is 0 Å². The molecule has 1 heterocycles. The van der Waals surface area contributed by atoms with Gasteiger partial charge in [0.05, 0.1) is 12.0 Å². The Balaban J connectivity index is 2.50. The van der Waals surface area contributed by atoms with Crippen LogP contribution in [0, 0.1) is 0 Å². The van der Waals surface area contributed by atoms with Gasteiger partial charge in [-0.1, -0.05) is 17.7 Å². The van der Waals surface area contributed by atoms with E-state index in [1.165, 1.54) is 11.0 Å². The van der Waals surface area contributed by atoms with Crippen molar-refractivity contribution in [2.75, 3.05) is 26.2 Å². The highest BCUT2D eigenvalue weighted by Gasteiger charge is 2.42. The lowest BCUT2D eigenvalue weighted by Crippen LogP contribution is -2.46. The van der Waals surface area contributed by atoms with Crippen molar-refractivity contribution in [1.29, 1.82) is 0 Å². The van der Waals surface area contributed by atoms with Crippen LogP contribution >= 0.6 is 11.6 Å². The third kappa shape index (κ3) is 4.74. The maximum atomic E-state index is 13.2. The number of nitrogens with zero attached hydrogens (tertiary/aromatic N) is 1. The molecule has 0 bridgehead atoms. The summed E-state index contributed by atoms with van der Waals surface area (Å²) in [4.78, 5) is 1.40. The van der Waals surface area contributed by atoms with Crippen LogP contribution in [0.4, 0.5) is 26.3 Å². The normalized spacial score (nSPS) is 18.9. The summed E-state index contributed by atoms with van der Waals surface area (Å²) in [6.45, 7) is 1.28. The first-order valence-electron chi connectivity index (χ1n) is 6.97. The van der Waals surface area contributed by atoms with Crippen molar-refractivity contribution >= 4 is 11.6 Å². The molecule has 0 aliphatic carbocycles. The van der Waals surface area contributed by atoms with Crippen molar-refractivity contribution in [3.8, 4) is 0 Å². The highest BCUT2D eigenvalue weighted by molar-refractivity contribution is 6.31. The molecule has 130 valence electrons. The molecular formula is C14H15ClF6N2. The summed E-state index contributed by atoms with van der Waals surface area (Å²) in [5.74, 6) is 0. The summed E-state index contributed by atoms with van der Waals surface area (Å²) in [7, 11) is 0. The monoisotopic (exact) mass is 360 g/mol. The molecule has 1 aromatic carbocycles. The van der Waals surface area contributed by atoms with E-state index in [0.717, 1.165) is 12.1 Å². The van der Waals surface area contributed by atoms with E-state index in [1.54, 1.807) is 0 Å². The third-order valence-electron chi connectivity index (χ3n) is 3.71. The van der Waals surface area contributed by atoms with Crippen LogP contribution in [0.25, 0.3) is 0 Å². The number of piperazine rings is 1. The number of nitrogens with one attached hydrogen (secondary N) is 1. The lowest BCUT2D eigenvalue weighted by atomic mass is 9.95. The molecule has 0 amide bonds. The fourth-order valence-corrected chi connectivity index (χ4v) is 3.05. The SMILES string of the molecule is FC(F)(F)C[C@H](c1c(Cl)cccc1C(F)(F)F)N1CCNCC1. The lowest BCUT2D eigenvalue weighted by molar-refractivity contribution is -0.153. The molecule has 0 unspecified atom stereocenters. The number of halogens is 7. The van der Waals surface area contributed by atoms with Crippen LogP contribution in [-0.2, 0) is 6.18 Å². The van der Waals surface area contributed by atoms with Gasteiger partial charge in [-0.25, -0.2) is 0 Å². The van der Waals surface area contributed by atoms with Crippen molar-refractivity contribution in [3.05, 3.63) is 34.3 Å². The molecule has 23 heavy (non-hydrogen) atoms. The van der Waals surface area contributed by atoms with Crippen molar-refractivity contribution in [2.45, 2.75) is 24.8 Å². The average molecular weight is 361 g/mol. The fourth-order valence-electron chi connectivity index (χ4n) is 2.75. The molecule has 2 nitrogen and oxygen atoms in total. The lowest BCUT2D eigenvalue weighted by Gasteiger charge is -2.37. The first kappa shape index (κ1) is 18.4. The molecule has 1 atom stereocenters.